The maximum atomic E-state index is 11.2. The highest BCUT2D eigenvalue weighted by molar-refractivity contribution is 5.88. The number of aromatic nitrogens is 1. The number of nitrogens with zero attached hydrogens (tertiary/aromatic N) is 1. The third kappa shape index (κ3) is 6.15. The lowest BCUT2D eigenvalue weighted by atomic mass is 10.1. The number of ether oxygens (including phenoxy) is 1. The van der Waals surface area contributed by atoms with Crippen LogP contribution in [-0.2, 0) is 0 Å². The molecule has 118 valence electrons. The molecule has 0 saturated heterocycles. The van der Waals surface area contributed by atoms with Crippen LogP contribution in [0.3, 0.4) is 0 Å². The minimum atomic E-state index is -0.945. The van der Waals surface area contributed by atoms with Crippen LogP contribution in [-0.4, -0.2) is 22.2 Å². The Hall–Kier alpha value is -1.58. The van der Waals surface area contributed by atoms with Gasteiger partial charge in [-0.05, 0) is 31.7 Å². The molecule has 0 aliphatic carbocycles. The van der Waals surface area contributed by atoms with E-state index in [0.29, 0.717) is 5.88 Å². The summed E-state index contributed by atoms with van der Waals surface area (Å²) in [5, 5.41) is 9.17. The first-order valence-corrected chi connectivity index (χ1v) is 7.86. The van der Waals surface area contributed by atoms with Gasteiger partial charge in [0.25, 0.3) is 0 Å². The van der Waals surface area contributed by atoms with Crippen molar-refractivity contribution in [2.75, 3.05) is 0 Å². The second-order valence-corrected chi connectivity index (χ2v) is 5.86. The summed E-state index contributed by atoms with van der Waals surface area (Å²) in [6.07, 6.45) is 5.83. The zero-order valence-electron chi connectivity index (χ0n) is 13.6. The number of rotatable bonds is 9. The molecule has 1 aromatic heterocycles. The fraction of sp³-hybridized carbons (Fsp3) is 0.647. The Morgan fingerprint density at radius 3 is 2.52 bits per heavy atom. The van der Waals surface area contributed by atoms with Crippen molar-refractivity contribution in [2.24, 2.45) is 0 Å². The molecule has 0 fully saturated rings. The second kappa shape index (κ2) is 8.65. The van der Waals surface area contributed by atoms with E-state index in [1.165, 1.54) is 25.3 Å². The van der Waals surface area contributed by atoms with Crippen LogP contribution in [0.25, 0.3) is 0 Å². The maximum Gasteiger partial charge on any atom is 0.335 e. The van der Waals surface area contributed by atoms with E-state index in [4.69, 9.17) is 9.84 Å². The van der Waals surface area contributed by atoms with Crippen LogP contribution in [0.1, 0.15) is 81.8 Å². The van der Waals surface area contributed by atoms with Crippen molar-refractivity contribution < 1.29 is 14.6 Å². The maximum absolute atomic E-state index is 11.2. The molecule has 4 nitrogen and oxygen atoms in total. The molecule has 0 spiro atoms. The molecule has 1 N–H and O–H groups in total. The van der Waals surface area contributed by atoms with Gasteiger partial charge in [-0.1, -0.05) is 40.0 Å². The Bertz CT molecular complexity index is 457. The Balaban J connectivity index is 2.70. The highest BCUT2D eigenvalue weighted by Gasteiger charge is 2.13. The number of aromatic carboxylic acids is 1. The first-order chi connectivity index (χ1) is 9.93. The molecule has 1 rings (SSSR count). The Labute approximate surface area is 127 Å². The second-order valence-electron chi connectivity index (χ2n) is 5.86. The zero-order valence-corrected chi connectivity index (χ0v) is 13.6. The SMILES string of the molecule is CCCCCCC(C)Oc1cc(C(=O)O)cc(C(C)C)n1. The molecular formula is C17H27NO3. The van der Waals surface area contributed by atoms with Crippen LogP contribution in [0.5, 0.6) is 5.88 Å². The topological polar surface area (TPSA) is 59.4 Å². The van der Waals surface area contributed by atoms with Crippen molar-refractivity contribution in [3.63, 3.8) is 0 Å². The van der Waals surface area contributed by atoms with Crippen LogP contribution in [0, 0.1) is 0 Å². The minimum absolute atomic E-state index is 0.0541. The molecule has 1 heterocycles. The average molecular weight is 293 g/mol. The molecule has 1 atom stereocenters. The Kier molecular flexibility index (Phi) is 7.20. The highest BCUT2D eigenvalue weighted by atomic mass is 16.5. The number of carboxylic acids is 1. The van der Waals surface area contributed by atoms with Gasteiger partial charge in [-0.25, -0.2) is 9.78 Å². The van der Waals surface area contributed by atoms with Gasteiger partial charge in [0, 0.05) is 11.8 Å². The van der Waals surface area contributed by atoms with Gasteiger partial charge in [0.2, 0.25) is 5.88 Å². The molecule has 21 heavy (non-hydrogen) atoms. The number of hydrogen-bond donors (Lipinski definition) is 1. The van der Waals surface area contributed by atoms with E-state index in [9.17, 15) is 4.79 Å². The highest BCUT2D eigenvalue weighted by Crippen LogP contribution is 2.21. The molecule has 0 aromatic carbocycles. The Morgan fingerprint density at radius 2 is 1.95 bits per heavy atom. The van der Waals surface area contributed by atoms with Gasteiger partial charge in [0.1, 0.15) is 0 Å². The van der Waals surface area contributed by atoms with Gasteiger partial charge < -0.3 is 9.84 Å². The molecule has 1 aromatic rings. The third-order valence-electron chi connectivity index (χ3n) is 3.45. The summed E-state index contributed by atoms with van der Waals surface area (Å²) in [4.78, 5) is 15.6. The predicted octanol–water partition coefficient (Wildman–Crippen LogP) is 4.64. The minimum Gasteiger partial charge on any atom is -0.478 e. The lowest BCUT2D eigenvalue weighted by molar-refractivity contribution is 0.0695. The first-order valence-electron chi connectivity index (χ1n) is 7.86. The van der Waals surface area contributed by atoms with Gasteiger partial charge in [-0.2, -0.15) is 0 Å². The van der Waals surface area contributed by atoms with E-state index in [0.717, 1.165) is 18.5 Å². The molecular weight excluding hydrogens is 266 g/mol. The molecule has 0 bridgehead atoms. The summed E-state index contributed by atoms with van der Waals surface area (Å²) in [6.45, 7) is 8.18. The molecule has 1 unspecified atom stereocenters. The van der Waals surface area contributed by atoms with Crippen LogP contribution >= 0.6 is 0 Å². The monoisotopic (exact) mass is 293 g/mol. The van der Waals surface area contributed by atoms with Gasteiger partial charge in [0.15, 0.2) is 0 Å². The van der Waals surface area contributed by atoms with E-state index in [1.54, 1.807) is 6.07 Å². The van der Waals surface area contributed by atoms with Gasteiger partial charge in [0.05, 0.1) is 11.7 Å². The number of pyridine rings is 1. The van der Waals surface area contributed by atoms with Crippen molar-refractivity contribution in [3.05, 3.63) is 23.4 Å². The van der Waals surface area contributed by atoms with E-state index >= 15 is 0 Å². The molecule has 0 aliphatic heterocycles. The largest absolute Gasteiger partial charge is 0.478 e. The van der Waals surface area contributed by atoms with Crippen molar-refractivity contribution in [1.29, 1.82) is 0 Å². The number of carbonyl (C=O) groups is 1. The third-order valence-corrected chi connectivity index (χ3v) is 3.45. The van der Waals surface area contributed by atoms with Crippen LogP contribution in [0.15, 0.2) is 12.1 Å². The summed E-state index contributed by atoms with van der Waals surface area (Å²) in [5.74, 6) is -0.354. The van der Waals surface area contributed by atoms with E-state index in [2.05, 4.69) is 11.9 Å². The standard InChI is InChI=1S/C17H27NO3/c1-5-6-7-8-9-13(4)21-16-11-14(17(19)20)10-15(18-16)12(2)3/h10-13H,5-9H2,1-4H3,(H,19,20). The summed E-state index contributed by atoms with van der Waals surface area (Å²) in [7, 11) is 0. The van der Waals surface area contributed by atoms with Gasteiger partial charge >= 0.3 is 5.97 Å². The smallest absolute Gasteiger partial charge is 0.335 e. The fourth-order valence-electron chi connectivity index (χ4n) is 2.13. The van der Waals surface area contributed by atoms with Gasteiger partial charge in [-0.15, -0.1) is 0 Å². The number of hydrogen-bond acceptors (Lipinski definition) is 3. The Morgan fingerprint density at radius 1 is 1.24 bits per heavy atom. The zero-order chi connectivity index (χ0) is 15.8. The molecule has 4 heteroatoms. The number of carboxylic acid groups (broad SMARTS) is 1. The fourth-order valence-corrected chi connectivity index (χ4v) is 2.13. The molecule has 0 radical (unpaired) electrons. The predicted molar refractivity (Wildman–Crippen MR) is 84.1 cm³/mol. The molecule has 0 aliphatic rings. The normalized spacial score (nSPS) is 12.4. The van der Waals surface area contributed by atoms with Crippen LogP contribution in [0.2, 0.25) is 0 Å². The van der Waals surface area contributed by atoms with E-state index in [1.807, 2.05) is 20.8 Å². The lowest BCUT2D eigenvalue weighted by Crippen LogP contribution is -2.14. The summed E-state index contributed by atoms with van der Waals surface area (Å²) >= 11 is 0. The van der Waals surface area contributed by atoms with Crippen LogP contribution in [0.4, 0.5) is 0 Å². The van der Waals surface area contributed by atoms with Crippen molar-refractivity contribution in [1.82, 2.24) is 4.98 Å². The number of unbranched alkanes of at least 4 members (excludes halogenated alkanes) is 3. The van der Waals surface area contributed by atoms with E-state index < -0.39 is 5.97 Å². The lowest BCUT2D eigenvalue weighted by Gasteiger charge is -2.16. The summed E-state index contributed by atoms with van der Waals surface area (Å²) < 4.78 is 5.80. The molecule has 0 saturated carbocycles. The van der Waals surface area contributed by atoms with Crippen molar-refractivity contribution in [2.45, 2.75) is 71.8 Å². The van der Waals surface area contributed by atoms with Crippen LogP contribution < -0.4 is 4.74 Å². The van der Waals surface area contributed by atoms with Gasteiger partial charge in [-0.3, -0.25) is 0 Å². The van der Waals surface area contributed by atoms with Crippen molar-refractivity contribution >= 4 is 5.97 Å². The summed E-state index contributed by atoms with van der Waals surface area (Å²) in [5.41, 5.74) is 0.991. The first kappa shape index (κ1) is 17.5. The average Bonchev–Trinajstić information content (AvgIpc) is 2.43. The van der Waals surface area contributed by atoms with E-state index in [-0.39, 0.29) is 17.6 Å². The van der Waals surface area contributed by atoms with Crippen molar-refractivity contribution in [3.8, 4) is 5.88 Å². The quantitative estimate of drug-likeness (QED) is 0.674. The summed E-state index contributed by atoms with van der Waals surface area (Å²) in [6, 6.07) is 3.13. The molecule has 0 amide bonds.